The van der Waals surface area contributed by atoms with Gasteiger partial charge in [0.2, 0.25) is 5.91 Å². The molecule has 7 nitrogen and oxygen atoms in total. The molecule has 1 aliphatic rings. The van der Waals surface area contributed by atoms with Crippen molar-refractivity contribution < 1.29 is 19.6 Å². The van der Waals surface area contributed by atoms with E-state index in [1.165, 1.54) is 5.56 Å². The summed E-state index contributed by atoms with van der Waals surface area (Å²) in [6, 6.07) is 7.04. The first-order chi connectivity index (χ1) is 11.9. The van der Waals surface area contributed by atoms with Crippen LogP contribution in [0, 0.1) is 5.92 Å². The van der Waals surface area contributed by atoms with E-state index in [-0.39, 0.29) is 18.4 Å². The minimum Gasteiger partial charge on any atom is -0.426 e. The smallest absolute Gasteiger partial charge is 0.426 e. The molecule has 0 radical (unpaired) electrons. The molecule has 1 unspecified atom stereocenters. The van der Waals surface area contributed by atoms with Crippen molar-refractivity contribution in [2.45, 2.75) is 39.3 Å². The average molecular weight is 347 g/mol. The van der Waals surface area contributed by atoms with Gasteiger partial charge >= 0.3 is 13.1 Å². The monoisotopic (exact) mass is 347 g/mol. The van der Waals surface area contributed by atoms with Crippen LogP contribution in [0.5, 0.6) is 0 Å². The highest BCUT2D eigenvalue weighted by Crippen LogP contribution is 2.18. The maximum atomic E-state index is 12.6. The van der Waals surface area contributed by atoms with Gasteiger partial charge in [-0.3, -0.25) is 4.79 Å². The van der Waals surface area contributed by atoms with E-state index >= 15 is 0 Å². The van der Waals surface area contributed by atoms with Crippen molar-refractivity contribution in [1.29, 1.82) is 0 Å². The molecule has 1 aromatic rings. The molecule has 25 heavy (non-hydrogen) atoms. The van der Waals surface area contributed by atoms with Gasteiger partial charge in [-0.15, -0.1) is 0 Å². The Balaban J connectivity index is 1.98. The standard InChI is InChI=1S/C17H26BN3O4/c1-12(2)9-15(16(22)19-11-18(24)25)20-17(23)21-8-7-13-5-3-4-6-14(13)10-21/h3-6,12,15,24-25H,7-11H2,1-2H3,(H,19,22)(H,20,23). The number of rotatable bonds is 6. The lowest BCUT2D eigenvalue weighted by atomic mass is 9.92. The zero-order chi connectivity index (χ0) is 18.4. The van der Waals surface area contributed by atoms with Crippen LogP contribution in [-0.2, 0) is 17.8 Å². The molecular formula is C17H26BN3O4. The third kappa shape index (κ3) is 5.76. The molecule has 0 fully saturated rings. The second-order valence-corrected chi connectivity index (χ2v) is 6.80. The van der Waals surface area contributed by atoms with Gasteiger partial charge in [-0.2, -0.15) is 0 Å². The molecule has 136 valence electrons. The van der Waals surface area contributed by atoms with Crippen molar-refractivity contribution in [2.24, 2.45) is 5.92 Å². The van der Waals surface area contributed by atoms with Crippen molar-refractivity contribution in [3.63, 3.8) is 0 Å². The fourth-order valence-corrected chi connectivity index (χ4v) is 2.93. The molecule has 1 heterocycles. The first-order valence-corrected chi connectivity index (χ1v) is 8.63. The average Bonchev–Trinajstić information content (AvgIpc) is 2.58. The van der Waals surface area contributed by atoms with Gasteiger partial charge in [-0.05, 0) is 29.9 Å². The molecule has 0 bridgehead atoms. The highest BCUT2D eigenvalue weighted by Gasteiger charge is 2.27. The van der Waals surface area contributed by atoms with Crippen LogP contribution in [-0.4, -0.2) is 53.0 Å². The lowest BCUT2D eigenvalue weighted by molar-refractivity contribution is -0.123. The van der Waals surface area contributed by atoms with E-state index in [0.717, 1.165) is 12.0 Å². The van der Waals surface area contributed by atoms with E-state index < -0.39 is 19.1 Å². The summed E-state index contributed by atoms with van der Waals surface area (Å²) in [6.07, 6.45) is 1.01. The Hall–Kier alpha value is -2.06. The van der Waals surface area contributed by atoms with Crippen LogP contribution in [0.3, 0.4) is 0 Å². The predicted molar refractivity (Wildman–Crippen MR) is 95.5 cm³/mol. The van der Waals surface area contributed by atoms with Crippen molar-refractivity contribution in [1.82, 2.24) is 15.5 Å². The Labute approximate surface area is 148 Å². The third-order valence-corrected chi connectivity index (χ3v) is 4.20. The lowest BCUT2D eigenvalue weighted by Crippen LogP contribution is -2.53. The Kier molecular flexibility index (Phi) is 6.84. The molecule has 0 aromatic heterocycles. The molecule has 0 saturated carbocycles. The maximum absolute atomic E-state index is 12.6. The summed E-state index contributed by atoms with van der Waals surface area (Å²) in [5.74, 6) is -0.204. The van der Waals surface area contributed by atoms with Crippen molar-refractivity contribution >= 4 is 19.1 Å². The van der Waals surface area contributed by atoms with Crippen LogP contribution in [0.1, 0.15) is 31.4 Å². The zero-order valence-corrected chi connectivity index (χ0v) is 14.7. The quantitative estimate of drug-likeness (QED) is 0.556. The van der Waals surface area contributed by atoms with Gasteiger partial charge in [-0.1, -0.05) is 38.1 Å². The Morgan fingerprint density at radius 3 is 2.56 bits per heavy atom. The largest absolute Gasteiger partial charge is 0.472 e. The van der Waals surface area contributed by atoms with Crippen molar-refractivity contribution in [3.05, 3.63) is 35.4 Å². The Morgan fingerprint density at radius 1 is 1.24 bits per heavy atom. The van der Waals surface area contributed by atoms with E-state index in [9.17, 15) is 9.59 Å². The maximum Gasteiger partial charge on any atom is 0.472 e. The van der Waals surface area contributed by atoms with Gasteiger partial charge in [0.15, 0.2) is 0 Å². The number of nitrogens with zero attached hydrogens (tertiary/aromatic N) is 1. The highest BCUT2D eigenvalue weighted by atomic mass is 16.4. The minimum atomic E-state index is -1.61. The highest BCUT2D eigenvalue weighted by molar-refractivity contribution is 6.41. The number of amides is 3. The fourth-order valence-electron chi connectivity index (χ4n) is 2.93. The summed E-state index contributed by atoms with van der Waals surface area (Å²) < 4.78 is 0. The number of hydrogen-bond donors (Lipinski definition) is 4. The molecular weight excluding hydrogens is 321 g/mol. The number of fused-ring (bicyclic) bond motifs is 1. The molecule has 8 heteroatoms. The van der Waals surface area contributed by atoms with Gasteiger partial charge in [0.1, 0.15) is 6.04 Å². The second-order valence-electron chi connectivity index (χ2n) is 6.80. The van der Waals surface area contributed by atoms with Gasteiger partial charge in [0, 0.05) is 13.1 Å². The topological polar surface area (TPSA) is 102 Å². The SMILES string of the molecule is CC(C)CC(NC(=O)N1CCc2ccccc2C1)C(=O)NCB(O)O. The van der Waals surface area contributed by atoms with E-state index in [1.807, 2.05) is 32.0 Å². The first kappa shape index (κ1) is 19.3. The molecule has 1 aliphatic heterocycles. The molecule has 0 spiro atoms. The van der Waals surface area contributed by atoms with Crippen molar-refractivity contribution in [3.8, 4) is 0 Å². The van der Waals surface area contributed by atoms with E-state index in [4.69, 9.17) is 10.0 Å². The summed E-state index contributed by atoms with van der Waals surface area (Å²) >= 11 is 0. The van der Waals surface area contributed by atoms with E-state index in [1.54, 1.807) is 4.90 Å². The summed E-state index contributed by atoms with van der Waals surface area (Å²) in [7, 11) is -1.61. The molecule has 2 rings (SSSR count). The Morgan fingerprint density at radius 2 is 1.92 bits per heavy atom. The number of benzene rings is 1. The zero-order valence-electron chi connectivity index (χ0n) is 14.7. The second kappa shape index (κ2) is 8.87. The normalized spacial score (nSPS) is 14.7. The number of nitrogens with one attached hydrogen (secondary N) is 2. The lowest BCUT2D eigenvalue weighted by Gasteiger charge is -2.31. The minimum absolute atomic E-state index is 0.206. The van der Waals surface area contributed by atoms with Crippen LogP contribution in [0.25, 0.3) is 0 Å². The predicted octanol–water partition coefficient (Wildman–Crippen LogP) is 0.297. The van der Waals surface area contributed by atoms with Crippen molar-refractivity contribution in [2.75, 3.05) is 13.0 Å². The van der Waals surface area contributed by atoms with Crippen LogP contribution in [0.2, 0.25) is 0 Å². The van der Waals surface area contributed by atoms with Crippen LogP contribution in [0.4, 0.5) is 4.79 Å². The number of carbonyl (C=O) groups excluding carboxylic acids is 2. The number of carbonyl (C=O) groups is 2. The van der Waals surface area contributed by atoms with Gasteiger partial charge in [0.25, 0.3) is 0 Å². The van der Waals surface area contributed by atoms with Crippen LogP contribution >= 0.6 is 0 Å². The first-order valence-electron chi connectivity index (χ1n) is 8.63. The number of hydrogen-bond acceptors (Lipinski definition) is 4. The van der Waals surface area contributed by atoms with Gasteiger partial charge < -0.3 is 25.6 Å². The molecule has 3 amide bonds. The Bertz CT molecular complexity index is 609. The van der Waals surface area contributed by atoms with E-state index in [2.05, 4.69) is 16.7 Å². The van der Waals surface area contributed by atoms with Crippen LogP contribution in [0.15, 0.2) is 24.3 Å². The molecule has 0 saturated heterocycles. The van der Waals surface area contributed by atoms with E-state index in [0.29, 0.717) is 19.5 Å². The van der Waals surface area contributed by atoms with Gasteiger partial charge in [-0.25, -0.2) is 4.79 Å². The summed E-state index contributed by atoms with van der Waals surface area (Å²) in [5.41, 5.74) is 2.37. The summed E-state index contributed by atoms with van der Waals surface area (Å²) in [5, 5.41) is 23.0. The van der Waals surface area contributed by atoms with Crippen LogP contribution < -0.4 is 10.6 Å². The summed E-state index contributed by atoms with van der Waals surface area (Å²) in [6.45, 7) is 5.05. The molecule has 4 N–H and O–H groups in total. The molecule has 1 atom stereocenters. The van der Waals surface area contributed by atoms with Gasteiger partial charge in [0.05, 0.1) is 6.44 Å². The third-order valence-electron chi connectivity index (χ3n) is 4.20. The number of urea groups is 1. The molecule has 0 aliphatic carbocycles. The molecule has 1 aromatic carbocycles. The fraction of sp³-hybridized carbons (Fsp3) is 0.529. The summed E-state index contributed by atoms with van der Waals surface area (Å²) in [4.78, 5) is 26.5.